The quantitative estimate of drug-likeness (QED) is 0.357. The summed E-state index contributed by atoms with van der Waals surface area (Å²) >= 11 is 0. The van der Waals surface area contributed by atoms with Crippen molar-refractivity contribution in [2.75, 3.05) is 0 Å². The molecule has 0 bridgehead atoms. The summed E-state index contributed by atoms with van der Waals surface area (Å²) in [6.07, 6.45) is 0. The average molecular weight is 400 g/mol. The summed E-state index contributed by atoms with van der Waals surface area (Å²) in [7, 11) is -2.17. The number of hydrogen-bond acceptors (Lipinski definition) is 3. The van der Waals surface area contributed by atoms with E-state index < -0.39 is 7.32 Å². The Morgan fingerprint density at radius 1 is 1.14 bits per heavy atom. The van der Waals surface area contributed by atoms with E-state index in [1.54, 1.807) is 0 Å². The van der Waals surface area contributed by atoms with Gasteiger partial charge in [-0.2, -0.15) is 0 Å². The summed E-state index contributed by atoms with van der Waals surface area (Å²) < 4.78 is 0. The van der Waals surface area contributed by atoms with Gasteiger partial charge in [0.25, 0.3) is 0 Å². The van der Waals surface area contributed by atoms with E-state index in [9.17, 15) is 0 Å². The fourth-order valence-electron chi connectivity index (χ4n) is 0. The molecule has 39 valence electrons. The zero-order valence-electron chi connectivity index (χ0n) is 6.96. The third-order valence-corrected chi connectivity index (χ3v) is 0. The minimum atomic E-state index is -2.17. The van der Waals surface area contributed by atoms with Crippen LogP contribution in [0.3, 0.4) is 0 Å². The van der Waals surface area contributed by atoms with Crippen molar-refractivity contribution < 1.29 is 109 Å². The molecule has 0 amide bonds. The Kier molecular flexibility index (Phi) is 54.1. The standard InChI is InChI=1S/BH3O3.Ba.K.Tb.3H/c2-1(3)4;;;;;;/h2-4H;;;;;;/q;+2;+1;;3*-1. The fourth-order valence-corrected chi connectivity index (χ4v) is 0. The first-order valence-electron chi connectivity index (χ1n) is 0.775. The molecule has 0 aromatic heterocycles. The molecule has 3 nitrogen and oxygen atoms in total. The molecule has 0 rings (SSSR count). The van der Waals surface area contributed by atoms with E-state index in [2.05, 4.69) is 0 Å². The Hall–Kier alpha value is 4.44. The topological polar surface area (TPSA) is 60.7 Å². The summed E-state index contributed by atoms with van der Waals surface area (Å²) in [5.41, 5.74) is 0. The Balaban J connectivity index is -0.00000000300. The second-order valence-electron chi connectivity index (χ2n) is 0.346. The molecule has 3 N–H and O–H groups in total. The molecule has 0 aliphatic rings. The first-order valence-corrected chi connectivity index (χ1v) is 0.775. The van der Waals surface area contributed by atoms with E-state index in [1.807, 2.05) is 0 Å². The van der Waals surface area contributed by atoms with Crippen molar-refractivity contribution in [1.82, 2.24) is 0 Å². The molecule has 0 spiro atoms. The molecule has 1 radical (unpaired) electrons. The number of hydrogen-bond donors (Lipinski definition) is 3. The van der Waals surface area contributed by atoms with Crippen LogP contribution < -0.4 is 51.4 Å². The van der Waals surface area contributed by atoms with E-state index >= 15 is 0 Å². The monoisotopic (exact) mass is 401 g/mol. The van der Waals surface area contributed by atoms with Gasteiger partial charge in [-0.25, -0.2) is 0 Å². The van der Waals surface area contributed by atoms with Crippen LogP contribution in [-0.2, 0) is 0 Å². The molecular weight excluding hydrogens is 394 g/mol. The van der Waals surface area contributed by atoms with Crippen molar-refractivity contribution >= 4 is 56.2 Å². The van der Waals surface area contributed by atoms with Gasteiger partial charge in [-0.1, -0.05) is 0 Å². The molecule has 7 heavy (non-hydrogen) atoms. The van der Waals surface area contributed by atoms with Crippen LogP contribution in [0.4, 0.5) is 0 Å². The predicted molar refractivity (Wildman–Crippen MR) is 21.5 cm³/mol. The maximum Gasteiger partial charge on any atom is 2.00 e. The van der Waals surface area contributed by atoms with Crippen LogP contribution in [0, 0.1) is 38.6 Å². The van der Waals surface area contributed by atoms with Crippen molar-refractivity contribution in [3.05, 3.63) is 0 Å². The molecule has 0 aromatic rings. The minimum absolute atomic E-state index is 0. The molecule has 0 saturated carbocycles. The molecule has 0 aromatic carbocycles. The zero-order valence-corrected chi connectivity index (χ0v) is 13.7. The van der Waals surface area contributed by atoms with Crippen molar-refractivity contribution in [3.63, 3.8) is 0 Å². The minimum Gasteiger partial charge on any atom is -1.00 e. The zero-order chi connectivity index (χ0) is 3.58. The third-order valence-electron chi connectivity index (χ3n) is 0. The van der Waals surface area contributed by atoms with Gasteiger partial charge in [0.15, 0.2) is 0 Å². The van der Waals surface area contributed by atoms with Gasteiger partial charge in [-0.05, 0) is 0 Å². The second-order valence-corrected chi connectivity index (χ2v) is 0.346. The van der Waals surface area contributed by atoms with Gasteiger partial charge in [0, 0.05) is 38.6 Å². The molecule has 0 atom stereocenters. The first-order chi connectivity index (χ1) is 1.73. The van der Waals surface area contributed by atoms with E-state index in [4.69, 9.17) is 15.1 Å². The number of rotatable bonds is 0. The van der Waals surface area contributed by atoms with Gasteiger partial charge in [0.05, 0.1) is 0 Å². The molecule has 0 aliphatic heterocycles. The summed E-state index contributed by atoms with van der Waals surface area (Å²) in [5.74, 6) is 0. The van der Waals surface area contributed by atoms with Crippen molar-refractivity contribution in [2.45, 2.75) is 0 Å². The van der Waals surface area contributed by atoms with E-state index in [1.165, 1.54) is 0 Å². The second kappa shape index (κ2) is 16.8. The third kappa shape index (κ3) is 37.7. The fraction of sp³-hybridized carbons (Fsp3) is 0. The Morgan fingerprint density at radius 3 is 1.14 bits per heavy atom. The van der Waals surface area contributed by atoms with Crippen LogP contribution in [0.15, 0.2) is 0 Å². The van der Waals surface area contributed by atoms with Gasteiger partial charge in [-0.3, -0.25) is 0 Å². The Labute approximate surface area is 161 Å². The molecule has 0 saturated heterocycles. The van der Waals surface area contributed by atoms with E-state index in [-0.39, 0.29) is 143 Å². The maximum atomic E-state index is 7.17. The molecular formula is H6BBaKO3Tb. The Bertz CT molecular complexity index is 28.5. The summed E-state index contributed by atoms with van der Waals surface area (Å²) in [4.78, 5) is 0. The predicted octanol–water partition coefficient (Wildman–Crippen LogP) is -5.09. The van der Waals surface area contributed by atoms with Gasteiger partial charge in [0.1, 0.15) is 0 Å². The Morgan fingerprint density at radius 2 is 1.14 bits per heavy atom. The van der Waals surface area contributed by atoms with Crippen LogP contribution in [-0.4, -0.2) is 71.3 Å². The summed E-state index contributed by atoms with van der Waals surface area (Å²) in [5, 5.41) is 21.5. The summed E-state index contributed by atoms with van der Waals surface area (Å²) in [6.45, 7) is 0. The summed E-state index contributed by atoms with van der Waals surface area (Å²) in [6, 6.07) is 0. The molecule has 0 heterocycles. The van der Waals surface area contributed by atoms with Crippen LogP contribution in [0.25, 0.3) is 0 Å². The van der Waals surface area contributed by atoms with Gasteiger partial charge >= 0.3 is 108 Å². The van der Waals surface area contributed by atoms with Crippen LogP contribution in [0.5, 0.6) is 0 Å². The molecule has 7 heteroatoms. The maximum absolute atomic E-state index is 7.17. The van der Waals surface area contributed by atoms with Crippen molar-refractivity contribution in [3.8, 4) is 0 Å². The van der Waals surface area contributed by atoms with Crippen molar-refractivity contribution in [2.24, 2.45) is 0 Å². The smallest absolute Gasteiger partial charge is 1.00 e. The van der Waals surface area contributed by atoms with Gasteiger partial charge in [0.2, 0.25) is 0 Å². The van der Waals surface area contributed by atoms with Crippen LogP contribution >= 0.6 is 0 Å². The average Bonchev–Trinajstić information content (AvgIpc) is 0.811. The molecule has 0 fully saturated rings. The van der Waals surface area contributed by atoms with Gasteiger partial charge < -0.3 is 19.4 Å². The van der Waals surface area contributed by atoms with Gasteiger partial charge in [-0.15, -0.1) is 0 Å². The van der Waals surface area contributed by atoms with Crippen molar-refractivity contribution in [1.29, 1.82) is 0 Å². The van der Waals surface area contributed by atoms with E-state index in [0.717, 1.165) is 0 Å². The largest absolute Gasteiger partial charge is 2.00 e. The van der Waals surface area contributed by atoms with Crippen LogP contribution in [0.1, 0.15) is 4.28 Å². The first kappa shape index (κ1) is 22.5. The van der Waals surface area contributed by atoms with E-state index in [0.29, 0.717) is 0 Å². The SMILES string of the molecule is OB(O)O.[Ba+2].[H-].[H-].[H-].[K+].[Tb]. The molecule has 0 unspecified atom stereocenters. The normalized spacial score (nSPS) is 3.86. The molecule has 0 aliphatic carbocycles. The van der Waals surface area contributed by atoms with Crippen LogP contribution in [0.2, 0.25) is 0 Å².